The van der Waals surface area contributed by atoms with Crippen LogP contribution in [0.2, 0.25) is 4.34 Å². The van der Waals surface area contributed by atoms with E-state index in [1.807, 2.05) is 18.2 Å². The molecule has 0 radical (unpaired) electrons. The van der Waals surface area contributed by atoms with Gasteiger partial charge in [-0.25, -0.2) is 0 Å². The molecule has 0 spiro atoms. The molecular formula is C13H14ClN3OS. The molecule has 0 saturated heterocycles. The molecule has 1 amide bonds. The average Bonchev–Trinajstić information content (AvgIpc) is 2.81. The lowest BCUT2D eigenvalue weighted by molar-refractivity contribution is 0.0822. The molecule has 0 aliphatic heterocycles. The number of carbonyl (C=O) groups excluding carboxylic acids is 1. The third-order valence-electron chi connectivity index (χ3n) is 2.48. The molecule has 0 aromatic carbocycles. The number of hydrogen-bond acceptors (Lipinski definition) is 4. The van der Waals surface area contributed by atoms with Crippen molar-refractivity contribution >= 4 is 34.5 Å². The zero-order valence-electron chi connectivity index (χ0n) is 10.7. The van der Waals surface area contributed by atoms with Gasteiger partial charge in [0.2, 0.25) is 0 Å². The van der Waals surface area contributed by atoms with Gasteiger partial charge in [0.1, 0.15) is 5.69 Å². The van der Waals surface area contributed by atoms with Gasteiger partial charge in [-0.1, -0.05) is 11.6 Å². The zero-order chi connectivity index (χ0) is 13.8. The van der Waals surface area contributed by atoms with Gasteiger partial charge in [-0.2, -0.15) is 0 Å². The van der Waals surface area contributed by atoms with Gasteiger partial charge in [-0.15, -0.1) is 11.3 Å². The van der Waals surface area contributed by atoms with Crippen LogP contribution in [-0.2, 0) is 6.54 Å². The number of amides is 1. The highest BCUT2D eigenvalue weighted by Crippen LogP contribution is 2.22. The van der Waals surface area contributed by atoms with Crippen LogP contribution in [0.25, 0.3) is 0 Å². The predicted molar refractivity (Wildman–Crippen MR) is 78.9 cm³/mol. The minimum Gasteiger partial charge on any atom is -0.380 e. The summed E-state index contributed by atoms with van der Waals surface area (Å²) < 4.78 is 0.773. The Bertz CT molecular complexity index is 583. The summed E-state index contributed by atoms with van der Waals surface area (Å²) in [6, 6.07) is 7.43. The number of rotatable bonds is 4. The fraction of sp³-hybridized carbons (Fsp3) is 0.231. The second kappa shape index (κ2) is 6.04. The summed E-state index contributed by atoms with van der Waals surface area (Å²) in [7, 11) is 3.41. The predicted octanol–water partition coefficient (Wildman–Crippen LogP) is 3.11. The van der Waals surface area contributed by atoms with Crippen molar-refractivity contribution in [2.75, 3.05) is 19.4 Å². The van der Waals surface area contributed by atoms with Crippen LogP contribution in [0.5, 0.6) is 0 Å². The van der Waals surface area contributed by atoms with Crippen molar-refractivity contribution in [1.29, 1.82) is 0 Å². The molecular weight excluding hydrogens is 282 g/mol. The van der Waals surface area contributed by atoms with E-state index in [-0.39, 0.29) is 5.91 Å². The molecule has 0 aliphatic carbocycles. The summed E-state index contributed by atoms with van der Waals surface area (Å²) in [5.41, 5.74) is 1.30. The molecule has 0 aliphatic rings. The summed E-state index contributed by atoms with van der Waals surface area (Å²) in [4.78, 5) is 18.5. The van der Waals surface area contributed by atoms with Crippen molar-refractivity contribution < 1.29 is 4.79 Å². The maximum absolute atomic E-state index is 11.8. The first-order valence-corrected chi connectivity index (χ1v) is 6.91. The fourth-order valence-corrected chi connectivity index (χ4v) is 2.55. The van der Waals surface area contributed by atoms with Gasteiger partial charge in [0, 0.05) is 37.4 Å². The van der Waals surface area contributed by atoms with Gasteiger partial charge in [0.25, 0.3) is 5.91 Å². The highest BCUT2D eigenvalue weighted by Gasteiger charge is 2.09. The zero-order valence-corrected chi connectivity index (χ0v) is 12.3. The Morgan fingerprint density at radius 1 is 1.42 bits per heavy atom. The van der Waals surface area contributed by atoms with E-state index in [0.29, 0.717) is 12.2 Å². The normalized spacial score (nSPS) is 10.3. The minimum absolute atomic E-state index is 0.109. The molecule has 2 aromatic heterocycles. The Balaban J connectivity index is 2.05. The largest absolute Gasteiger partial charge is 0.380 e. The minimum atomic E-state index is -0.109. The lowest BCUT2D eigenvalue weighted by Gasteiger charge is -2.11. The smallest absolute Gasteiger partial charge is 0.272 e. The third-order valence-corrected chi connectivity index (χ3v) is 3.71. The summed E-state index contributed by atoms with van der Waals surface area (Å²) in [6.07, 6.45) is 1.63. The molecule has 0 bridgehead atoms. The van der Waals surface area contributed by atoms with Crippen molar-refractivity contribution in [2.24, 2.45) is 0 Å². The monoisotopic (exact) mass is 295 g/mol. The maximum Gasteiger partial charge on any atom is 0.272 e. The number of hydrogen-bond donors (Lipinski definition) is 1. The molecule has 0 unspecified atom stereocenters. The molecule has 6 heteroatoms. The summed E-state index contributed by atoms with van der Waals surface area (Å²) in [6.45, 7) is 0.678. The Hall–Kier alpha value is -1.59. The van der Waals surface area contributed by atoms with Crippen molar-refractivity contribution in [3.05, 3.63) is 45.4 Å². The molecule has 0 atom stereocenters. The van der Waals surface area contributed by atoms with Gasteiger partial charge >= 0.3 is 0 Å². The first-order valence-electron chi connectivity index (χ1n) is 5.72. The highest BCUT2D eigenvalue weighted by molar-refractivity contribution is 7.16. The number of nitrogens with zero attached hydrogens (tertiary/aromatic N) is 2. The van der Waals surface area contributed by atoms with E-state index in [4.69, 9.17) is 11.6 Å². The molecule has 0 fully saturated rings. The standard InChI is InChI=1S/C13H14ClN3OS/c1-17(2)13(18)11-7-9(5-6-15-11)16-8-10-3-4-12(14)19-10/h3-7H,8H2,1-2H3,(H,15,16). The van der Waals surface area contributed by atoms with Crippen LogP contribution in [0, 0.1) is 0 Å². The fourth-order valence-electron chi connectivity index (χ4n) is 1.52. The summed E-state index contributed by atoms with van der Waals surface area (Å²) in [5.74, 6) is -0.109. The molecule has 4 nitrogen and oxygen atoms in total. The van der Waals surface area contributed by atoms with Crippen molar-refractivity contribution in [1.82, 2.24) is 9.88 Å². The first kappa shape index (κ1) is 13.8. The lowest BCUT2D eigenvalue weighted by atomic mass is 10.3. The molecule has 2 heterocycles. The SMILES string of the molecule is CN(C)C(=O)c1cc(NCc2ccc(Cl)s2)ccn1. The van der Waals surface area contributed by atoms with E-state index in [2.05, 4.69) is 10.3 Å². The van der Waals surface area contributed by atoms with Gasteiger partial charge < -0.3 is 10.2 Å². The molecule has 1 N–H and O–H groups in total. The van der Waals surface area contributed by atoms with E-state index >= 15 is 0 Å². The Morgan fingerprint density at radius 2 is 2.21 bits per heavy atom. The number of nitrogens with one attached hydrogen (secondary N) is 1. The summed E-state index contributed by atoms with van der Waals surface area (Å²) in [5, 5.41) is 3.25. The Kier molecular flexibility index (Phi) is 4.39. The topological polar surface area (TPSA) is 45.2 Å². The number of thiophene rings is 1. The number of aromatic nitrogens is 1. The molecule has 19 heavy (non-hydrogen) atoms. The Morgan fingerprint density at radius 3 is 2.84 bits per heavy atom. The van der Waals surface area contributed by atoms with Gasteiger partial charge in [0.05, 0.1) is 4.34 Å². The lowest BCUT2D eigenvalue weighted by Crippen LogP contribution is -2.22. The second-order valence-electron chi connectivity index (χ2n) is 4.19. The molecule has 100 valence electrons. The van der Waals surface area contributed by atoms with Crippen molar-refractivity contribution in [3.63, 3.8) is 0 Å². The quantitative estimate of drug-likeness (QED) is 0.942. The van der Waals surface area contributed by atoms with Crippen LogP contribution in [0.1, 0.15) is 15.4 Å². The van der Waals surface area contributed by atoms with E-state index in [0.717, 1.165) is 14.9 Å². The number of carbonyl (C=O) groups is 1. The number of pyridine rings is 1. The third kappa shape index (κ3) is 3.68. The average molecular weight is 296 g/mol. The highest BCUT2D eigenvalue weighted by atomic mass is 35.5. The van der Waals surface area contributed by atoms with Gasteiger partial charge in [-0.05, 0) is 24.3 Å². The molecule has 2 aromatic rings. The van der Waals surface area contributed by atoms with Crippen molar-refractivity contribution in [3.8, 4) is 0 Å². The van der Waals surface area contributed by atoms with Gasteiger partial charge in [0.15, 0.2) is 0 Å². The van der Waals surface area contributed by atoms with Crippen LogP contribution in [0.3, 0.4) is 0 Å². The number of halogens is 1. The van der Waals surface area contributed by atoms with E-state index in [1.165, 1.54) is 16.2 Å². The van der Waals surface area contributed by atoms with E-state index in [9.17, 15) is 4.79 Å². The van der Waals surface area contributed by atoms with Crippen LogP contribution < -0.4 is 5.32 Å². The van der Waals surface area contributed by atoms with E-state index < -0.39 is 0 Å². The van der Waals surface area contributed by atoms with E-state index in [1.54, 1.807) is 26.4 Å². The molecule has 2 rings (SSSR count). The maximum atomic E-state index is 11.8. The number of anilines is 1. The summed E-state index contributed by atoms with van der Waals surface area (Å²) >= 11 is 7.41. The van der Waals surface area contributed by atoms with Crippen LogP contribution in [0.15, 0.2) is 30.5 Å². The van der Waals surface area contributed by atoms with Gasteiger partial charge in [-0.3, -0.25) is 9.78 Å². The molecule has 0 saturated carbocycles. The van der Waals surface area contributed by atoms with Crippen molar-refractivity contribution in [2.45, 2.75) is 6.54 Å². The second-order valence-corrected chi connectivity index (χ2v) is 5.99. The Labute approximate surface area is 121 Å². The van der Waals surface area contributed by atoms with Crippen LogP contribution >= 0.6 is 22.9 Å². The van der Waals surface area contributed by atoms with Crippen LogP contribution in [-0.4, -0.2) is 29.9 Å². The first-order chi connectivity index (χ1) is 9.06. The van der Waals surface area contributed by atoms with Crippen LogP contribution in [0.4, 0.5) is 5.69 Å².